The van der Waals surface area contributed by atoms with Gasteiger partial charge in [0.2, 0.25) is 0 Å². The van der Waals surface area contributed by atoms with Crippen LogP contribution in [-0.2, 0) is 11.2 Å². The third-order valence-electron chi connectivity index (χ3n) is 2.43. The molecule has 1 rings (SSSR count). The first-order chi connectivity index (χ1) is 8.33. The molecule has 0 saturated carbocycles. The van der Waals surface area contributed by atoms with Gasteiger partial charge in [-0.25, -0.2) is 0 Å². The van der Waals surface area contributed by atoms with Gasteiger partial charge in [-0.15, -0.1) is 0 Å². The molecular weight excluding hydrogens is 216 g/mol. The van der Waals surface area contributed by atoms with E-state index in [1.54, 1.807) is 18.2 Å². The topological polar surface area (TPSA) is 49.7 Å². The normalized spacial score (nSPS) is 11.1. The Morgan fingerprint density at radius 3 is 2.53 bits per heavy atom. The van der Waals surface area contributed by atoms with Crippen LogP contribution in [0, 0.1) is 0 Å². The maximum atomic E-state index is 9.12. The predicted octanol–water partition coefficient (Wildman–Crippen LogP) is 2.28. The van der Waals surface area contributed by atoms with Crippen molar-refractivity contribution in [2.75, 3.05) is 19.8 Å². The standard InChI is InChI=1S/C14H20O3/c15-10-2-4-12-17-11-3-1-5-13-6-8-14(16)9-7-13/h2,4,6-9,15-16H,1,3,5,10-12H2. The van der Waals surface area contributed by atoms with Crippen LogP contribution in [-0.4, -0.2) is 30.0 Å². The maximum absolute atomic E-state index is 9.12. The number of aromatic hydroxyl groups is 1. The molecule has 0 radical (unpaired) electrons. The second kappa shape index (κ2) is 8.79. The van der Waals surface area contributed by atoms with Gasteiger partial charge in [-0.3, -0.25) is 0 Å². The average molecular weight is 236 g/mol. The van der Waals surface area contributed by atoms with E-state index >= 15 is 0 Å². The smallest absolute Gasteiger partial charge is 0.115 e. The van der Waals surface area contributed by atoms with Crippen molar-refractivity contribution in [3.63, 3.8) is 0 Å². The van der Waals surface area contributed by atoms with Gasteiger partial charge in [0.1, 0.15) is 5.75 Å². The van der Waals surface area contributed by atoms with Crippen molar-refractivity contribution in [3.05, 3.63) is 42.0 Å². The first-order valence-electron chi connectivity index (χ1n) is 5.94. The highest BCUT2D eigenvalue weighted by Crippen LogP contribution is 2.11. The number of unbranched alkanes of at least 4 members (excludes halogenated alkanes) is 1. The fourth-order valence-electron chi connectivity index (χ4n) is 1.49. The van der Waals surface area contributed by atoms with E-state index in [-0.39, 0.29) is 6.61 Å². The molecule has 2 N–H and O–H groups in total. The van der Waals surface area contributed by atoms with E-state index in [1.807, 2.05) is 18.2 Å². The summed E-state index contributed by atoms with van der Waals surface area (Å²) in [6.07, 6.45) is 6.61. The Labute approximate surface area is 102 Å². The van der Waals surface area contributed by atoms with Gasteiger partial charge in [-0.1, -0.05) is 24.3 Å². The van der Waals surface area contributed by atoms with Crippen molar-refractivity contribution in [3.8, 4) is 5.75 Å². The van der Waals surface area contributed by atoms with E-state index in [4.69, 9.17) is 14.9 Å². The van der Waals surface area contributed by atoms with E-state index in [1.165, 1.54) is 5.56 Å². The van der Waals surface area contributed by atoms with Gasteiger partial charge < -0.3 is 14.9 Å². The third kappa shape index (κ3) is 6.76. The number of hydrogen-bond donors (Lipinski definition) is 2. The quantitative estimate of drug-likeness (QED) is 0.538. The molecule has 0 aliphatic rings. The van der Waals surface area contributed by atoms with Crippen molar-refractivity contribution in [1.29, 1.82) is 0 Å². The first kappa shape index (κ1) is 13.7. The Morgan fingerprint density at radius 1 is 1.06 bits per heavy atom. The maximum Gasteiger partial charge on any atom is 0.115 e. The number of aliphatic hydroxyl groups is 1. The highest BCUT2D eigenvalue weighted by molar-refractivity contribution is 5.25. The number of aryl methyl sites for hydroxylation is 1. The highest BCUT2D eigenvalue weighted by atomic mass is 16.5. The zero-order valence-electron chi connectivity index (χ0n) is 10.0. The molecule has 0 bridgehead atoms. The fourth-order valence-corrected chi connectivity index (χ4v) is 1.49. The van der Waals surface area contributed by atoms with Crippen molar-refractivity contribution >= 4 is 0 Å². The number of phenolic OH excluding ortho intramolecular Hbond substituents is 1. The van der Waals surface area contributed by atoms with Crippen LogP contribution in [0.3, 0.4) is 0 Å². The Balaban J connectivity index is 2.01. The van der Waals surface area contributed by atoms with E-state index in [2.05, 4.69) is 0 Å². The van der Waals surface area contributed by atoms with Crippen LogP contribution in [0.1, 0.15) is 18.4 Å². The Morgan fingerprint density at radius 2 is 1.82 bits per heavy atom. The van der Waals surface area contributed by atoms with Gasteiger partial charge in [0.15, 0.2) is 0 Å². The molecule has 0 unspecified atom stereocenters. The monoisotopic (exact) mass is 236 g/mol. The summed E-state index contributed by atoms with van der Waals surface area (Å²) in [6.45, 7) is 1.39. The van der Waals surface area contributed by atoms with E-state index < -0.39 is 0 Å². The van der Waals surface area contributed by atoms with Crippen molar-refractivity contribution in [2.45, 2.75) is 19.3 Å². The highest BCUT2D eigenvalue weighted by Gasteiger charge is 1.94. The lowest BCUT2D eigenvalue weighted by Crippen LogP contribution is -1.96. The molecule has 0 aliphatic carbocycles. The molecule has 1 aromatic rings. The summed E-state index contributed by atoms with van der Waals surface area (Å²) in [6, 6.07) is 7.32. The van der Waals surface area contributed by atoms with Gasteiger partial charge in [0.05, 0.1) is 13.2 Å². The second-order valence-corrected chi connectivity index (χ2v) is 3.85. The first-order valence-corrected chi connectivity index (χ1v) is 5.94. The molecule has 0 heterocycles. The molecule has 0 aromatic heterocycles. The van der Waals surface area contributed by atoms with Gasteiger partial charge in [-0.05, 0) is 37.0 Å². The van der Waals surface area contributed by atoms with Gasteiger partial charge in [0, 0.05) is 6.61 Å². The Bertz CT molecular complexity index is 317. The second-order valence-electron chi connectivity index (χ2n) is 3.85. The molecule has 0 saturated heterocycles. The number of phenols is 1. The minimum Gasteiger partial charge on any atom is -0.508 e. The molecule has 0 fully saturated rings. The minimum absolute atomic E-state index is 0.0736. The molecule has 1 aromatic carbocycles. The van der Waals surface area contributed by atoms with E-state index in [0.717, 1.165) is 25.9 Å². The molecule has 94 valence electrons. The van der Waals surface area contributed by atoms with E-state index in [9.17, 15) is 0 Å². The number of hydrogen-bond acceptors (Lipinski definition) is 3. The molecule has 3 nitrogen and oxygen atoms in total. The number of rotatable bonds is 8. The van der Waals surface area contributed by atoms with Crippen molar-refractivity contribution in [2.24, 2.45) is 0 Å². The molecular formula is C14H20O3. The van der Waals surface area contributed by atoms with Crippen LogP contribution in [0.25, 0.3) is 0 Å². The summed E-state index contributed by atoms with van der Waals surface area (Å²) in [5.74, 6) is 0.313. The van der Waals surface area contributed by atoms with Crippen LogP contribution in [0.5, 0.6) is 5.75 Å². The van der Waals surface area contributed by atoms with Crippen LogP contribution in [0.15, 0.2) is 36.4 Å². The summed E-state index contributed by atoms with van der Waals surface area (Å²) in [4.78, 5) is 0. The summed E-state index contributed by atoms with van der Waals surface area (Å²) in [7, 11) is 0. The molecule has 0 aliphatic heterocycles. The number of benzene rings is 1. The van der Waals surface area contributed by atoms with Crippen molar-refractivity contribution < 1.29 is 14.9 Å². The lowest BCUT2D eigenvalue weighted by atomic mass is 10.1. The SMILES string of the molecule is OCC=CCOCCCCc1ccc(O)cc1. The fraction of sp³-hybridized carbons (Fsp3) is 0.429. The zero-order chi connectivity index (χ0) is 12.3. The van der Waals surface area contributed by atoms with Crippen LogP contribution in [0.4, 0.5) is 0 Å². The lowest BCUT2D eigenvalue weighted by molar-refractivity contribution is 0.157. The van der Waals surface area contributed by atoms with Crippen LogP contribution < -0.4 is 0 Å². The number of aliphatic hydroxyl groups excluding tert-OH is 1. The zero-order valence-corrected chi connectivity index (χ0v) is 10.0. The third-order valence-corrected chi connectivity index (χ3v) is 2.43. The minimum atomic E-state index is 0.0736. The summed E-state index contributed by atoms with van der Waals surface area (Å²) in [5, 5.41) is 17.6. The summed E-state index contributed by atoms with van der Waals surface area (Å²) < 4.78 is 5.35. The van der Waals surface area contributed by atoms with Crippen LogP contribution >= 0.6 is 0 Å². The largest absolute Gasteiger partial charge is 0.508 e. The Kier molecular flexibility index (Phi) is 7.11. The number of ether oxygens (including phenoxy) is 1. The molecule has 0 spiro atoms. The molecule has 0 amide bonds. The average Bonchev–Trinajstić information content (AvgIpc) is 2.35. The summed E-state index contributed by atoms with van der Waals surface area (Å²) in [5.41, 5.74) is 1.24. The molecule has 0 atom stereocenters. The van der Waals surface area contributed by atoms with Crippen LogP contribution in [0.2, 0.25) is 0 Å². The van der Waals surface area contributed by atoms with Gasteiger partial charge >= 0.3 is 0 Å². The van der Waals surface area contributed by atoms with Crippen molar-refractivity contribution in [1.82, 2.24) is 0 Å². The molecule has 3 heteroatoms. The predicted molar refractivity (Wildman–Crippen MR) is 68.1 cm³/mol. The van der Waals surface area contributed by atoms with E-state index in [0.29, 0.717) is 12.4 Å². The van der Waals surface area contributed by atoms with Gasteiger partial charge in [-0.2, -0.15) is 0 Å². The lowest BCUT2D eigenvalue weighted by Gasteiger charge is -2.02. The molecule has 17 heavy (non-hydrogen) atoms. The summed E-state index contributed by atoms with van der Waals surface area (Å²) >= 11 is 0. The van der Waals surface area contributed by atoms with Gasteiger partial charge in [0.25, 0.3) is 0 Å². The Hall–Kier alpha value is -1.32.